The average Bonchev–Trinajstić information content (AvgIpc) is 2.94. The number of aryl methyl sites for hydroxylation is 1. The maximum atomic E-state index is 13.9. The van der Waals surface area contributed by atoms with E-state index >= 15 is 0 Å². The molecule has 0 radical (unpaired) electrons. The molecule has 0 spiro atoms. The van der Waals surface area contributed by atoms with Crippen LogP contribution in [0.15, 0.2) is 83.8 Å². The highest BCUT2D eigenvalue weighted by molar-refractivity contribution is 7.92. The van der Waals surface area contributed by atoms with Gasteiger partial charge in [0.05, 0.1) is 16.1 Å². The van der Waals surface area contributed by atoms with Crippen molar-refractivity contribution < 1.29 is 31.2 Å². The van der Waals surface area contributed by atoms with Crippen LogP contribution in [-0.2, 0) is 32.2 Å². The maximum Gasteiger partial charge on any atom is 0.416 e. The minimum absolute atomic E-state index is 0.0967. The summed E-state index contributed by atoms with van der Waals surface area (Å²) in [7, 11) is -4.47. The first-order chi connectivity index (χ1) is 19.4. The molecule has 11 heteroatoms. The zero-order valence-electron chi connectivity index (χ0n) is 23.2. The fraction of sp³-hybridized carbons (Fsp3) is 0.333. The second kappa shape index (κ2) is 13.7. The summed E-state index contributed by atoms with van der Waals surface area (Å²) in [6.45, 7) is 4.86. The Hall–Kier alpha value is -3.86. The van der Waals surface area contributed by atoms with Crippen LogP contribution >= 0.6 is 0 Å². The molecule has 0 aromatic heterocycles. The molecule has 0 aliphatic rings. The third kappa shape index (κ3) is 8.09. The number of anilines is 1. The van der Waals surface area contributed by atoms with Gasteiger partial charge in [-0.2, -0.15) is 13.2 Å². The number of hydrogen-bond donors (Lipinski definition) is 1. The van der Waals surface area contributed by atoms with Gasteiger partial charge in [0.2, 0.25) is 11.8 Å². The maximum absolute atomic E-state index is 13.9. The van der Waals surface area contributed by atoms with Gasteiger partial charge in [0.1, 0.15) is 12.6 Å². The van der Waals surface area contributed by atoms with Gasteiger partial charge >= 0.3 is 6.18 Å². The molecule has 3 aromatic rings. The number of likely N-dealkylation sites (N-methyl/N-ethyl adjacent to an activating group) is 1. The van der Waals surface area contributed by atoms with Gasteiger partial charge in [0.25, 0.3) is 10.0 Å². The van der Waals surface area contributed by atoms with E-state index in [1.54, 1.807) is 32.9 Å². The summed E-state index contributed by atoms with van der Waals surface area (Å²) in [6.07, 6.45) is -4.09. The molecular weight excluding hydrogens is 555 g/mol. The standard InChI is InChI=1S/C30H34F3N3O4S/c1-4-27(29(38)34-5-2)35(19-18-23-10-7-6-8-11-23)28(37)21-36(25-13-9-12-24(20-25)30(31,32)33)41(39,40)26-16-14-22(3)15-17-26/h6-17,20,27H,4-5,18-19,21H2,1-3H3,(H,34,38)/t27-/m0/s1. The van der Waals surface area contributed by atoms with Crippen molar-refractivity contribution in [1.29, 1.82) is 0 Å². The lowest BCUT2D eigenvalue weighted by molar-refractivity contribution is -0.139. The molecule has 41 heavy (non-hydrogen) atoms. The zero-order chi connectivity index (χ0) is 30.2. The van der Waals surface area contributed by atoms with Crippen LogP contribution in [0.4, 0.5) is 18.9 Å². The summed E-state index contributed by atoms with van der Waals surface area (Å²) in [5.41, 5.74) is 0.313. The monoisotopic (exact) mass is 589 g/mol. The van der Waals surface area contributed by atoms with Crippen LogP contribution in [0.2, 0.25) is 0 Å². The van der Waals surface area contributed by atoms with Crippen molar-refractivity contribution in [3.8, 4) is 0 Å². The molecule has 0 saturated heterocycles. The molecule has 0 fully saturated rings. The number of carbonyl (C=O) groups excluding carboxylic acids is 2. The first-order valence-electron chi connectivity index (χ1n) is 13.3. The predicted molar refractivity (Wildman–Crippen MR) is 152 cm³/mol. The Morgan fingerprint density at radius 3 is 2.17 bits per heavy atom. The second-order valence-electron chi connectivity index (χ2n) is 9.51. The minimum atomic E-state index is -4.73. The Morgan fingerprint density at radius 2 is 1.59 bits per heavy atom. The van der Waals surface area contributed by atoms with E-state index in [4.69, 9.17) is 0 Å². The quantitative estimate of drug-likeness (QED) is 0.315. The van der Waals surface area contributed by atoms with Gasteiger partial charge in [0.15, 0.2) is 0 Å². The molecule has 0 unspecified atom stereocenters. The van der Waals surface area contributed by atoms with Crippen molar-refractivity contribution >= 4 is 27.5 Å². The summed E-state index contributed by atoms with van der Waals surface area (Å²) in [6, 6.07) is 18.0. The lowest BCUT2D eigenvalue weighted by Gasteiger charge is -2.33. The number of halogens is 3. The summed E-state index contributed by atoms with van der Waals surface area (Å²) in [4.78, 5) is 27.9. The van der Waals surface area contributed by atoms with Crippen molar-refractivity contribution in [2.75, 3.05) is 23.9 Å². The Labute approximate surface area is 239 Å². The predicted octanol–water partition coefficient (Wildman–Crippen LogP) is 5.20. The lowest BCUT2D eigenvalue weighted by Crippen LogP contribution is -2.53. The highest BCUT2D eigenvalue weighted by Crippen LogP contribution is 2.33. The first-order valence-corrected chi connectivity index (χ1v) is 14.7. The van der Waals surface area contributed by atoms with Crippen LogP contribution in [0.3, 0.4) is 0 Å². The molecule has 3 rings (SSSR count). The van der Waals surface area contributed by atoms with E-state index in [0.717, 1.165) is 23.3 Å². The molecule has 2 amide bonds. The molecule has 220 valence electrons. The number of benzene rings is 3. The number of carbonyl (C=O) groups is 2. The highest BCUT2D eigenvalue weighted by Gasteiger charge is 2.35. The number of sulfonamides is 1. The third-order valence-electron chi connectivity index (χ3n) is 6.57. The first kappa shape index (κ1) is 31.7. The molecule has 0 heterocycles. The van der Waals surface area contributed by atoms with E-state index in [-0.39, 0.29) is 23.5 Å². The number of amides is 2. The van der Waals surface area contributed by atoms with Gasteiger partial charge in [-0.15, -0.1) is 0 Å². The molecule has 3 aromatic carbocycles. The normalized spacial score (nSPS) is 12.4. The second-order valence-corrected chi connectivity index (χ2v) is 11.4. The van der Waals surface area contributed by atoms with E-state index in [0.29, 0.717) is 23.3 Å². The van der Waals surface area contributed by atoms with E-state index in [1.807, 2.05) is 30.3 Å². The van der Waals surface area contributed by atoms with Gasteiger partial charge in [-0.25, -0.2) is 8.42 Å². The molecule has 7 nitrogen and oxygen atoms in total. The van der Waals surface area contributed by atoms with Crippen LogP contribution in [0.5, 0.6) is 0 Å². The Morgan fingerprint density at radius 1 is 0.927 bits per heavy atom. The van der Waals surface area contributed by atoms with Gasteiger partial charge in [-0.1, -0.05) is 61.0 Å². The van der Waals surface area contributed by atoms with Gasteiger partial charge in [-0.3, -0.25) is 13.9 Å². The van der Waals surface area contributed by atoms with E-state index in [2.05, 4.69) is 5.32 Å². The number of rotatable bonds is 12. The Balaban J connectivity index is 2.07. The third-order valence-corrected chi connectivity index (χ3v) is 8.36. The van der Waals surface area contributed by atoms with Crippen molar-refractivity contribution in [3.05, 3.63) is 95.6 Å². The Bertz CT molecular complexity index is 1430. The molecule has 0 aliphatic carbocycles. The highest BCUT2D eigenvalue weighted by atomic mass is 32.2. The van der Waals surface area contributed by atoms with E-state index in [9.17, 15) is 31.2 Å². The fourth-order valence-electron chi connectivity index (χ4n) is 4.39. The van der Waals surface area contributed by atoms with Crippen LogP contribution in [0.1, 0.15) is 37.0 Å². The molecule has 0 saturated carbocycles. The lowest BCUT2D eigenvalue weighted by atomic mass is 10.1. The summed E-state index contributed by atoms with van der Waals surface area (Å²) < 4.78 is 69.0. The van der Waals surface area contributed by atoms with E-state index in [1.165, 1.54) is 23.1 Å². The van der Waals surface area contributed by atoms with Crippen LogP contribution < -0.4 is 9.62 Å². The number of hydrogen-bond acceptors (Lipinski definition) is 4. The zero-order valence-corrected chi connectivity index (χ0v) is 24.0. The van der Waals surface area contributed by atoms with Crippen LogP contribution in [-0.4, -0.2) is 50.8 Å². The molecule has 1 N–H and O–H groups in total. The average molecular weight is 590 g/mol. The van der Waals surface area contributed by atoms with Crippen molar-refractivity contribution in [3.63, 3.8) is 0 Å². The molecule has 1 atom stereocenters. The molecule has 0 bridgehead atoms. The van der Waals surface area contributed by atoms with Crippen LogP contribution in [0.25, 0.3) is 0 Å². The molecular formula is C30H34F3N3O4S. The fourth-order valence-corrected chi connectivity index (χ4v) is 5.80. The van der Waals surface area contributed by atoms with Crippen molar-refractivity contribution in [1.82, 2.24) is 10.2 Å². The smallest absolute Gasteiger partial charge is 0.355 e. The molecule has 0 aliphatic heterocycles. The Kier molecular flexibility index (Phi) is 10.6. The van der Waals surface area contributed by atoms with Crippen molar-refractivity contribution in [2.24, 2.45) is 0 Å². The summed E-state index contributed by atoms with van der Waals surface area (Å²) in [5, 5.41) is 2.71. The summed E-state index contributed by atoms with van der Waals surface area (Å²) >= 11 is 0. The number of nitrogens with zero attached hydrogens (tertiary/aromatic N) is 2. The number of alkyl halides is 3. The van der Waals surface area contributed by atoms with Gasteiger partial charge in [0, 0.05) is 13.1 Å². The minimum Gasteiger partial charge on any atom is -0.355 e. The SMILES string of the molecule is CCNC(=O)[C@H](CC)N(CCc1ccccc1)C(=O)CN(c1cccc(C(F)(F)F)c1)S(=O)(=O)c1ccc(C)cc1. The van der Waals surface area contributed by atoms with E-state index < -0.39 is 46.2 Å². The topological polar surface area (TPSA) is 86.8 Å². The largest absolute Gasteiger partial charge is 0.416 e. The van der Waals surface area contributed by atoms with Gasteiger partial charge < -0.3 is 10.2 Å². The van der Waals surface area contributed by atoms with Crippen LogP contribution in [0, 0.1) is 6.92 Å². The summed E-state index contributed by atoms with van der Waals surface area (Å²) in [5.74, 6) is -1.12. The number of nitrogens with one attached hydrogen (secondary N) is 1. The van der Waals surface area contributed by atoms with Gasteiger partial charge in [-0.05, 0) is 62.6 Å². The van der Waals surface area contributed by atoms with Crippen molar-refractivity contribution in [2.45, 2.75) is 50.7 Å².